The van der Waals surface area contributed by atoms with Gasteiger partial charge in [0.05, 0.1) is 23.8 Å². The zero-order valence-electron chi connectivity index (χ0n) is 7.67. The van der Waals surface area contributed by atoms with E-state index in [9.17, 15) is 0 Å². The SMILES string of the molecule is CCn1cncc1C1(NC)CC1. The van der Waals surface area contributed by atoms with Crippen molar-refractivity contribution < 1.29 is 0 Å². The Labute approximate surface area is 72.8 Å². The molecule has 1 aromatic heterocycles. The van der Waals surface area contributed by atoms with Crippen molar-refractivity contribution in [1.29, 1.82) is 0 Å². The lowest BCUT2D eigenvalue weighted by molar-refractivity contribution is 0.529. The van der Waals surface area contributed by atoms with Crippen LogP contribution in [0.5, 0.6) is 0 Å². The summed E-state index contributed by atoms with van der Waals surface area (Å²) in [4.78, 5) is 4.17. The van der Waals surface area contributed by atoms with Gasteiger partial charge in [-0.2, -0.15) is 0 Å². The predicted octanol–water partition coefficient (Wildman–Crippen LogP) is 1.11. The lowest BCUT2D eigenvalue weighted by Gasteiger charge is -2.15. The van der Waals surface area contributed by atoms with E-state index in [0.29, 0.717) is 0 Å². The molecule has 0 atom stereocenters. The van der Waals surface area contributed by atoms with Gasteiger partial charge < -0.3 is 9.88 Å². The average molecular weight is 165 g/mol. The van der Waals surface area contributed by atoms with Crippen molar-refractivity contribution in [2.24, 2.45) is 0 Å². The number of hydrogen-bond donors (Lipinski definition) is 1. The topological polar surface area (TPSA) is 29.9 Å². The van der Waals surface area contributed by atoms with Gasteiger partial charge in [0.1, 0.15) is 0 Å². The first-order valence-corrected chi connectivity index (χ1v) is 4.52. The molecule has 0 amide bonds. The number of imidazole rings is 1. The molecule has 1 aromatic rings. The lowest BCUT2D eigenvalue weighted by atomic mass is 10.2. The van der Waals surface area contributed by atoms with Crippen LogP contribution in [0.2, 0.25) is 0 Å². The first-order chi connectivity index (χ1) is 5.82. The zero-order valence-corrected chi connectivity index (χ0v) is 7.67. The zero-order chi connectivity index (χ0) is 8.60. The Hall–Kier alpha value is -0.830. The summed E-state index contributed by atoms with van der Waals surface area (Å²) in [5.74, 6) is 0. The van der Waals surface area contributed by atoms with Crippen LogP contribution in [-0.2, 0) is 12.1 Å². The minimum atomic E-state index is 0.256. The van der Waals surface area contributed by atoms with E-state index in [2.05, 4.69) is 21.8 Å². The van der Waals surface area contributed by atoms with Gasteiger partial charge in [-0.3, -0.25) is 0 Å². The summed E-state index contributed by atoms with van der Waals surface area (Å²) < 4.78 is 2.21. The number of aryl methyl sites for hydroxylation is 1. The minimum Gasteiger partial charge on any atom is -0.333 e. The molecule has 1 heterocycles. The normalized spacial score (nSPS) is 19.5. The maximum Gasteiger partial charge on any atom is 0.0948 e. The highest BCUT2D eigenvalue weighted by Crippen LogP contribution is 2.44. The number of aromatic nitrogens is 2. The van der Waals surface area contributed by atoms with E-state index in [0.717, 1.165) is 6.54 Å². The molecular weight excluding hydrogens is 150 g/mol. The second kappa shape index (κ2) is 2.59. The van der Waals surface area contributed by atoms with Gasteiger partial charge in [-0.15, -0.1) is 0 Å². The molecule has 1 saturated carbocycles. The molecule has 2 rings (SSSR count). The summed E-state index contributed by atoms with van der Waals surface area (Å²) in [7, 11) is 2.03. The predicted molar refractivity (Wildman–Crippen MR) is 47.9 cm³/mol. The van der Waals surface area contributed by atoms with Crippen molar-refractivity contribution in [3.8, 4) is 0 Å². The smallest absolute Gasteiger partial charge is 0.0948 e. The van der Waals surface area contributed by atoms with E-state index in [1.165, 1.54) is 18.5 Å². The van der Waals surface area contributed by atoms with Crippen molar-refractivity contribution in [3.05, 3.63) is 18.2 Å². The van der Waals surface area contributed by atoms with Crippen molar-refractivity contribution in [2.45, 2.75) is 31.8 Å². The molecule has 0 unspecified atom stereocenters. The van der Waals surface area contributed by atoms with E-state index in [-0.39, 0.29) is 5.54 Å². The van der Waals surface area contributed by atoms with Crippen LogP contribution in [0.15, 0.2) is 12.5 Å². The summed E-state index contributed by atoms with van der Waals surface area (Å²) in [5, 5.41) is 3.37. The van der Waals surface area contributed by atoms with Gasteiger partial charge in [0.25, 0.3) is 0 Å². The third-order valence-corrected chi connectivity index (χ3v) is 2.77. The van der Waals surface area contributed by atoms with Crippen molar-refractivity contribution in [2.75, 3.05) is 7.05 Å². The van der Waals surface area contributed by atoms with Crippen LogP contribution >= 0.6 is 0 Å². The van der Waals surface area contributed by atoms with Gasteiger partial charge in [-0.1, -0.05) is 0 Å². The van der Waals surface area contributed by atoms with Crippen LogP contribution in [0.1, 0.15) is 25.5 Å². The largest absolute Gasteiger partial charge is 0.333 e. The molecule has 0 radical (unpaired) electrons. The maximum absolute atomic E-state index is 4.17. The average Bonchev–Trinajstić information content (AvgIpc) is 2.76. The number of hydrogen-bond acceptors (Lipinski definition) is 2. The van der Waals surface area contributed by atoms with Crippen molar-refractivity contribution in [1.82, 2.24) is 14.9 Å². The van der Waals surface area contributed by atoms with Gasteiger partial charge in [-0.25, -0.2) is 4.98 Å². The number of rotatable bonds is 3. The Morgan fingerprint density at radius 3 is 2.92 bits per heavy atom. The monoisotopic (exact) mass is 165 g/mol. The van der Waals surface area contributed by atoms with Gasteiger partial charge in [-0.05, 0) is 26.8 Å². The fourth-order valence-electron chi connectivity index (χ4n) is 1.73. The van der Waals surface area contributed by atoms with E-state index in [1.807, 2.05) is 19.6 Å². The molecular formula is C9H15N3. The fourth-order valence-corrected chi connectivity index (χ4v) is 1.73. The minimum absolute atomic E-state index is 0.256. The van der Waals surface area contributed by atoms with E-state index in [1.54, 1.807) is 0 Å². The molecule has 12 heavy (non-hydrogen) atoms. The Morgan fingerprint density at radius 2 is 2.42 bits per heavy atom. The first kappa shape index (κ1) is 7.80. The van der Waals surface area contributed by atoms with Gasteiger partial charge in [0.2, 0.25) is 0 Å². The summed E-state index contributed by atoms with van der Waals surface area (Å²) in [5.41, 5.74) is 1.60. The maximum atomic E-state index is 4.17. The highest BCUT2D eigenvalue weighted by Gasteiger charge is 2.44. The van der Waals surface area contributed by atoms with Gasteiger partial charge >= 0.3 is 0 Å². The molecule has 1 fully saturated rings. The lowest BCUT2D eigenvalue weighted by Crippen LogP contribution is -2.27. The Kier molecular flexibility index (Phi) is 1.68. The number of nitrogens with zero attached hydrogens (tertiary/aromatic N) is 2. The second-order valence-electron chi connectivity index (χ2n) is 3.40. The quantitative estimate of drug-likeness (QED) is 0.727. The Bertz CT molecular complexity index is 273. The first-order valence-electron chi connectivity index (χ1n) is 4.52. The molecule has 3 heteroatoms. The van der Waals surface area contributed by atoms with Crippen LogP contribution in [0.25, 0.3) is 0 Å². The molecule has 0 aliphatic heterocycles. The molecule has 66 valence electrons. The molecule has 0 spiro atoms. The summed E-state index contributed by atoms with van der Waals surface area (Å²) in [6, 6.07) is 0. The third-order valence-electron chi connectivity index (χ3n) is 2.77. The van der Waals surface area contributed by atoms with Crippen LogP contribution in [-0.4, -0.2) is 16.6 Å². The third kappa shape index (κ3) is 0.966. The Balaban J connectivity index is 2.32. The van der Waals surface area contributed by atoms with Crippen LogP contribution < -0.4 is 5.32 Å². The highest BCUT2D eigenvalue weighted by molar-refractivity contribution is 5.21. The summed E-state index contributed by atoms with van der Waals surface area (Å²) in [6.07, 6.45) is 6.38. The molecule has 0 bridgehead atoms. The van der Waals surface area contributed by atoms with Crippen LogP contribution in [0, 0.1) is 0 Å². The molecule has 3 nitrogen and oxygen atoms in total. The summed E-state index contributed by atoms with van der Waals surface area (Å²) >= 11 is 0. The van der Waals surface area contributed by atoms with Gasteiger partial charge in [0, 0.05) is 6.54 Å². The van der Waals surface area contributed by atoms with Crippen LogP contribution in [0.3, 0.4) is 0 Å². The molecule has 1 aliphatic carbocycles. The number of nitrogens with one attached hydrogen (secondary N) is 1. The van der Waals surface area contributed by atoms with Gasteiger partial charge in [0.15, 0.2) is 0 Å². The second-order valence-corrected chi connectivity index (χ2v) is 3.40. The highest BCUT2D eigenvalue weighted by atomic mass is 15.1. The molecule has 1 aliphatic rings. The van der Waals surface area contributed by atoms with E-state index in [4.69, 9.17) is 0 Å². The standard InChI is InChI=1S/C9H15N3/c1-3-12-7-11-6-8(12)9(10-2)4-5-9/h6-7,10H,3-5H2,1-2H3. The fraction of sp³-hybridized carbons (Fsp3) is 0.667. The van der Waals surface area contributed by atoms with E-state index >= 15 is 0 Å². The molecule has 0 aromatic carbocycles. The van der Waals surface area contributed by atoms with Crippen LogP contribution in [0.4, 0.5) is 0 Å². The molecule has 0 saturated heterocycles. The van der Waals surface area contributed by atoms with Crippen molar-refractivity contribution >= 4 is 0 Å². The Morgan fingerprint density at radius 1 is 1.67 bits per heavy atom. The molecule has 1 N–H and O–H groups in total. The van der Waals surface area contributed by atoms with Crippen molar-refractivity contribution in [3.63, 3.8) is 0 Å². The van der Waals surface area contributed by atoms with E-state index < -0.39 is 0 Å². The summed E-state index contributed by atoms with van der Waals surface area (Å²) in [6.45, 7) is 3.16.